The third kappa shape index (κ3) is 9.14. The highest BCUT2D eigenvalue weighted by Crippen LogP contribution is 2.32. The Morgan fingerprint density at radius 3 is 1.79 bits per heavy atom. The first-order valence-electron chi connectivity index (χ1n) is 9.85. The van der Waals surface area contributed by atoms with Crippen LogP contribution < -0.4 is 10.6 Å². The first kappa shape index (κ1) is 26.7. The molecule has 178 valence electrons. The second-order valence-corrected chi connectivity index (χ2v) is 8.60. The molecule has 5 N–H and O–H groups in total. The molecule has 0 saturated heterocycles. The number of benzene rings is 2. The van der Waals surface area contributed by atoms with Crippen molar-refractivity contribution in [2.45, 2.75) is 24.9 Å². The number of carbonyl (C=O) groups excluding carboxylic acids is 1. The van der Waals surface area contributed by atoms with Crippen LogP contribution in [0.2, 0.25) is 0 Å². The van der Waals surface area contributed by atoms with E-state index in [4.69, 9.17) is 9.79 Å². The molecule has 8 nitrogen and oxygen atoms in total. The second-order valence-electron chi connectivity index (χ2n) is 6.95. The van der Waals surface area contributed by atoms with Crippen molar-refractivity contribution >= 4 is 19.5 Å². The number of carbonyl (C=O) groups is 2. The lowest BCUT2D eigenvalue weighted by atomic mass is 10.1. The molecule has 0 spiro atoms. The average molecular weight is 490 g/mol. The number of rotatable bonds is 8. The summed E-state index contributed by atoms with van der Waals surface area (Å²) in [7, 11) is -4.54. The van der Waals surface area contributed by atoms with Crippen LogP contribution in [-0.4, -0.2) is 45.1 Å². The molecule has 0 unspecified atom stereocenters. The fourth-order valence-electron chi connectivity index (χ4n) is 2.58. The fraction of sp³-hybridized carbons (Fsp3) is 0.217. The Bertz CT molecular complexity index is 1210. The molecule has 0 fully saturated rings. The lowest BCUT2D eigenvalue weighted by Crippen LogP contribution is -2.50. The molecule has 1 amide bonds. The lowest BCUT2D eigenvalue weighted by molar-refractivity contribution is -0.141. The molecule has 0 aliphatic heterocycles. The topological polar surface area (TPSA) is 136 Å². The van der Waals surface area contributed by atoms with Gasteiger partial charge in [0.2, 0.25) is 5.91 Å². The molecule has 2 rings (SSSR count). The summed E-state index contributed by atoms with van der Waals surface area (Å²) >= 11 is 0. The van der Waals surface area contributed by atoms with Crippen LogP contribution in [0.4, 0.5) is 8.78 Å². The van der Waals surface area contributed by atoms with Gasteiger partial charge in [-0.15, -0.1) is 0 Å². The summed E-state index contributed by atoms with van der Waals surface area (Å²) in [6.45, 7) is 0. The molecule has 0 bridgehead atoms. The first-order valence-corrected chi connectivity index (χ1v) is 11.6. The predicted octanol–water partition coefficient (Wildman–Crippen LogP) is 1.81. The van der Waals surface area contributed by atoms with Crippen LogP contribution in [0.5, 0.6) is 0 Å². The Morgan fingerprint density at radius 2 is 1.35 bits per heavy atom. The second kappa shape index (κ2) is 12.6. The van der Waals surface area contributed by atoms with Crippen molar-refractivity contribution in [1.82, 2.24) is 10.6 Å². The SMILES string of the molecule is O=C(O)[C@H](CC#Cc1ccccc1F)NC(=O)[C@H](CC#Cc1ccccc1F)NCP(=O)(O)O. The van der Waals surface area contributed by atoms with Crippen molar-refractivity contribution in [3.05, 3.63) is 71.3 Å². The van der Waals surface area contributed by atoms with Crippen molar-refractivity contribution in [3.63, 3.8) is 0 Å². The molecule has 0 radical (unpaired) electrons. The predicted molar refractivity (Wildman–Crippen MR) is 119 cm³/mol. The minimum Gasteiger partial charge on any atom is -0.480 e. The van der Waals surface area contributed by atoms with Crippen LogP contribution in [-0.2, 0) is 14.2 Å². The summed E-state index contributed by atoms with van der Waals surface area (Å²) < 4.78 is 38.5. The first-order chi connectivity index (χ1) is 16.1. The van der Waals surface area contributed by atoms with E-state index in [1.165, 1.54) is 36.4 Å². The van der Waals surface area contributed by atoms with Crippen molar-refractivity contribution in [2.75, 3.05) is 6.29 Å². The van der Waals surface area contributed by atoms with E-state index in [2.05, 4.69) is 34.3 Å². The molecule has 0 heterocycles. The van der Waals surface area contributed by atoms with E-state index in [0.717, 1.165) is 0 Å². The minimum absolute atomic E-state index is 0.0579. The molecule has 2 atom stereocenters. The van der Waals surface area contributed by atoms with Crippen molar-refractivity contribution < 1.29 is 37.8 Å². The number of carboxylic acids is 1. The maximum atomic E-state index is 13.7. The van der Waals surface area contributed by atoms with Gasteiger partial charge in [0.15, 0.2) is 0 Å². The van der Waals surface area contributed by atoms with E-state index >= 15 is 0 Å². The number of carboxylic acid groups (broad SMARTS) is 1. The molecule has 0 aliphatic carbocycles. The van der Waals surface area contributed by atoms with E-state index in [1.54, 1.807) is 12.1 Å². The van der Waals surface area contributed by atoms with Crippen LogP contribution in [0.25, 0.3) is 0 Å². The van der Waals surface area contributed by atoms with E-state index in [1.807, 2.05) is 0 Å². The molecule has 0 aromatic heterocycles. The van der Waals surface area contributed by atoms with Crippen molar-refractivity contribution in [2.24, 2.45) is 0 Å². The molecular formula is C23H21F2N2O6P. The van der Waals surface area contributed by atoms with Gasteiger partial charge in [-0.1, -0.05) is 47.9 Å². The third-order valence-electron chi connectivity index (χ3n) is 4.28. The summed E-state index contributed by atoms with van der Waals surface area (Å²) in [5.41, 5.74) is 0.117. The molecule has 0 aliphatic rings. The Balaban J connectivity index is 2.13. The summed E-state index contributed by atoms with van der Waals surface area (Å²) in [5.74, 6) is 6.56. The zero-order valence-corrected chi connectivity index (χ0v) is 18.6. The summed E-state index contributed by atoms with van der Waals surface area (Å²) in [6, 6.07) is 8.48. The largest absolute Gasteiger partial charge is 0.480 e. The highest BCUT2D eigenvalue weighted by Gasteiger charge is 2.26. The smallest absolute Gasteiger partial charge is 0.339 e. The Hall–Kier alpha value is -3.53. The number of amides is 1. The Labute approximate surface area is 194 Å². The van der Waals surface area contributed by atoms with Crippen LogP contribution in [0.3, 0.4) is 0 Å². The van der Waals surface area contributed by atoms with Crippen LogP contribution in [0, 0.1) is 35.3 Å². The zero-order valence-electron chi connectivity index (χ0n) is 17.7. The van der Waals surface area contributed by atoms with Gasteiger partial charge in [0.05, 0.1) is 23.5 Å². The standard InChI is InChI=1S/C23H21F2N2O6P/c24-18-11-3-1-7-16(18)9-5-13-20(26-15-34(31,32)33)22(28)27-21(23(29)30)14-6-10-17-8-2-4-12-19(17)25/h1-4,7-8,11-12,20-21,26H,13-15H2,(H,27,28)(H,29,30)(H2,31,32,33)/t20-,21-/m0/s1. The number of nitrogens with one attached hydrogen (secondary N) is 2. The number of halogens is 2. The monoisotopic (exact) mass is 490 g/mol. The Morgan fingerprint density at radius 1 is 0.882 bits per heavy atom. The Kier molecular flexibility index (Phi) is 9.93. The number of aliphatic carboxylic acids is 1. The quantitative estimate of drug-likeness (QED) is 0.281. The minimum atomic E-state index is -4.54. The van der Waals surface area contributed by atoms with Crippen molar-refractivity contribution in [1.29, 1.82) is 0 Å². The van der Waals surface area contributed by atoms with Gasteiger partial charge in [0.25, 0.3) is 0 Å². The van der Waals surface area contributed by atoms with Crippen molar-refractivity contribution in [3.8, 4) is 23.7 Å². The van der Waals surface area contributed by atoms with E-state index in [0.29, 0.717) is 0 Å². The number of hydrogen-bond donors (Lipinski definition) is 5. The maximum absolute atomic E-state index is 13.7. The fourth-order valence-corrected chi connectivity index (χ4v) is 3.04. The van der Waals surface area contributed by atoms with Crippen LogP contribution >= 0.6 is 7.60 Å². The van der Waals surface area contributed by atoms with Gasteiger partial charge in [0, 0.05) is 12.8 Å². The van der Waals surface area contributed by atoms with E-state index < -0.39 is 49.5 Å². The van der Waals surface area contributed by atoms with Gasteiger partial charge < -0.3 is 20.2 Å². The third-order valence-corrected chi connectivity index (χ3v) is 4.88. The molecule has 34 heavy (non-hydrogen) atoms. The van der Waals surface area contributed by atoms with Gasteiger partial charge in [-0.25, -0.2) is 13.6 Å². The van der Waals surface area contributed by atoms with E-state index in [9.17, 15) is 28.0 Å². The van der Waals surface area contributed by atoms with Crippen LogP contribution in [0.1, 0.15) is 24.0 Å². The molecule has 2 aromatic carbocycles. The molecule has 0 saturated carbocycles. The molecular weight excluding hydrogens is 469 g/mol. The number of hydrogen-bond acceptors (Lipinski definition) is 4. The van der Waals surface area contributed by atoms with Gasteiger partial charge in [-0.2, -0.15) is 0 Å². The highest BCUT2D eigenvalue weighted by molar-refractivity contribution is 7.51. The lowest BCUT2D eigenvalue weighted by Gasteiger charge is -2.19. The van der Waals surface area contributed by atoms with Gasteiger partial charge in [0.1, 0.15) is 17.7 Å². The van der Waals surface area contributed by atoms with E-state index in [-0.39, 0.29) is 24.0 Å². The molecule has 11 heteroatoms. The van der Waals surface area contributed by atoms with Gasteiger partial charge in [-0.3, -0.25) is 14.7 Å². The van der Waals surface area contributed by atoms with Gasteiger partial charge in [-0.05, 0) is 24.3 Å². The van der Waals surface area contributed by atoms with Gasteiger partial charge >= 0.3 is 13.6 Å². The average Bonchev–Trinajstić information content (AvgIpc) is 2.77. The normalized spacial score (nSPS) is 12.4. The van der Waals surface area contributed by atoms with Crippen LogP contribution in [0.15, 0.2) is 48.5 Å². The molecule has 2 aromatic rings. The summed E-state index contributed by atoms with van der Waals surface area (Å²) in [4.78, 5) is 42.4. The highest BCUT2D eigenvalue weighted by atomic mass is 31.2. The summed E-state index contributed by atoms with van der Waals surface area (Å²) in [6.07, 6.45) is -1.52. The summed E-state index contributed by atoms with van der Waals surface area (Å²) in [5, 5.41) is 14.0. The zero-order chi connectivity index (χ0) is 25.1. The maximum Gasteiger partial charge on any atom is 0.339 e.